The molecule has 5 heteroatoms. The van der Waals surface area contributed by atoms with Gasteiger partial charge < -0.3 is 20.3 Å². The Bertz CT molecular complexity index is 511. The second-order valence-corrected chi connectivity index (χ2v) is 7.12. The maximum absolute atomic E-state index is 11.9. The Balaban J connectivity index is 1.95. The molecule has 1 heterocycles. The molecule has 1 unspecified atom stereocenters. The van der Waals surface area contributed by atoms with Crippen molar-refractivity contribution in [3.8, 4) is 0 Å². The molecule has 0 saturated carbocycles. The van der Waals surface area contributed by atoms with E-state index in [1.165, 1.54) is 0 Å². The number of carbonyl (C=O) groups excluding carboxylic acids is 1. The average molecular weight is 305 g/mol. The first-order valence-corrected chi connectivity index (χ1v) is 7.78. The van der Waals surface area contributed by atoms with E-state index in [0.717, 1.165) is 30.9 Å². The molecule has 122 valence electrons. The van der Waals surface area contributed by atoms with Crippen LogP contribution in [-0.4, -0.2) is 44.2 Å². The zero-order valence-corrected chi connectivity index (χ0v) is 14.0. The Morgan fingerprint density at radius 2 is 2.18 bits per heavy atom. The largest absolute Gasteiger partial charge is 0.371 e. The second kappa shape index (κ2) is 7.11. The predicted molar refractivity (Wildman–Crippen MR) is 89.1 cm³/mol. The number of rotatable bonds is 3. The van der Waals surface area contributed by atoms with Crippen molar-refractivity contribution in [1.82, 2.24) is 10.2 Å². The van der Waals surface area contributed by atoms with Crippen LogP contribution in [0.1, 0.15) is 32.4 Å². The predicted octanol–water partition coefficient (Wildman–Crippen LogP) is 2.86. The van der Waals surface area contributed by atoms with Crippen LogP contribution in [0.3, 0.4) is 0 Å². The molecule has 0 bridgehead atoms. The first-order valence-electron chi connectivity index (χ1n) is 7.78. The van der Waals surface area contributed by atoms with E-state index in [4.69, 9.17) is 4.74 Å². The highest BCUT2D eigenvalue weighted by atomic mass is 16.5. The summed E-state index contributed by atoms with van der Waals surface area (Å²) in [7, 11) is 2.09. The van der Waals surface area contributed by atoms with E-state index in [-0.39, 0.29) is 17.6 Å². The lowest BCUT2D eigenvalue weighted by atomic mass is 9.97. The van der Waals surface area contributed by atoms with Crippen LogP contribution in [0, 0.1) is 5.41 Å². The minimum Gasteiger partial charge on any atom is -0.371 e. The molecule has 5 nitrogen and oxygen atoms in total. The number of anilines is 1. The topological polar surface area (TPSA) is 53.6 Å². The van der Waals surface area contributed by atoms with Gasteiger partial charge in [0, 0.05) is 25.3 Å². The highest BCUT2D eigenvalue weighted by molar-refractivity contribution is 5.89. The lowest BCUT2D eigenvalue weighted by Crippen LogP contribution is -2.36. The third-order valence-corrected chi connectivity index (χ3v) is 3.57. The molecular formula is C17H27N3O2. The van der Waals surface area contributed by atoms with Gasteiger partial charge in [-0.1, -0.05) is 32.9 Å². The van der Waals surface area contributed by atoms with Crippen LogP contribution in [0.25, 0.3) is 0 Å². The zero-order valence-electron chi connectivity index (χ0n) is 14.0. The van der Waals surface area contributed by atoms with Gasteiger partial charge in [-0.15, -0.1) is 0 Å². The fourth-order valence-electron chi connectivity index (χ4n) is 2.32. The molecule has 2 amide bonds. The normalized spacial score (nSPS) is 19.7. The molecule has 0 radical (unpaired) electrons. The number of carbonyl (C=O) groups is 1. The summed E-state index contributed by atoms with van der Waals surface area (Å²) >= 11 is 0. The number of nitrogens with zero attached hydrogens (tertiary/aromatic N) is 1. The lowest BCUT2D eigenvalue weighted by Gasteiger charge is -2.30. The first-order chi connectivity index (χ1) is 10.3. The minimum atomic E-state index is -0.172. The van der Waals surface area contributed by atoms with Gasteiger partial charge in [-0.25, -0.2) is 4.79 Å². The fourth-order valence-corrected chi connectivity index (χ4v) is 2.32. The SMILES string of the molecule is CN1CCOC(c2cccc(NC(=O)NCC(C)(C)C)c2)C1. The molecule has 1 aromatic rings. The second-order valence-electron chi connectivity index (χ2n) is 7.12. The Kier molecular flexibility index (Phi) is 5.42. The van der Waals surface area contributed by atoms with Crippen LogP contribution in [0.2, 0.25) is 0 Å². The molecule has 2 rings (SSSR count). The summed E-state index contributed by atoms with van der Waals surface area (Å²) in [6, 6.07) is 7.70. The van der Waals surface area contributed by atoms with Gasteiger partial charge in [0.15, 0.2) is 0 Å². The van der Waals surface area contributed by atoms with E-state index in [2.05, 4.69) is 43.4 Å². The smallest absolute Gasteiger partial charge is 0.319 e. The Labute approximate surface area is 133 Å². The maximum atomic E-state index is 11.9. The van der Waals surface area contributed by atoms with E-state index >= 15 is 0 Å². The lowest BCUT2D eigenvalue weighted by molar-refractivity contribution is -0.0208. The fraction of sp³-hybridized carbons (Fsp3) is 0.588. The number of likely N-dealkylation sites (N-methyl/N-ethyl adjacent to an activating group) is 1. The summed E-state index contributed by atoms with van der Waals surface area (Å²) in [6.45, 7) is 9.48. The Hall–Kier alpha value is -1.59. The van der Waals surface area contributed by atoms with E-state index < -0.39 is 0 Å². The van der Waals surface area contributed by atoms with Gasteiger partial charge in [-0.2, -0.15) is 0 Å². The van der Waals surface area contributed by atoms with Gasteiger partial charge in [0.25, 0.3) is 0 Å². The van der Waals surface area contributed by atoms with Gasteiger partial charge in [0.2, 0.25) is 0 Å². The van der Waals surface area contributed by atoms with Gasteiger partial charge >= 0.3 is 6.03 Å². The number of nitrogens with one attached hydrogen (secondary N) is 2. The van der Waals surface area contributed by atoms with Crippen molar-refractivity contribution in [3.63, 3.8) is 0 Å². The number of benzene rings is 1. The summed E-state index contributed by atoms with van der Waals surface area (Å²) in [5.41, 5.74) is 1.96. The third-order valence-electron chi connectivity index (χ3n) is 3.57. The Morgan fingerprint density at radius 3 is 2.86 bits per heavy atom. The quantitative estimate of drug-likeness (QED) is 0.903. The van der Waals surface area contributed by atoms with Crippen molar-refractivity contribution in [2.24, 2.45) is 5.41 Å². The van der Waals surface area contributed by atoms with Crippen molar-refractivity contribution in [2.75, 3.05) is 38.6 Å². The van der Waals surface area contributed by atoms with Crippen LogP contribution in [0.15, 0.2) is 24.3 Å². The highest BCUT2D eigenvalue weighted by Gasteiger charge is 2.20. The van der Waals surface area contributed by atoms with Crippen LogP contribution >= 0.6 is 0 Å². The van der Waals surface area contributed by atoms with Crippen molar-refractivity contribution < 1.29 is 9.53 Å². The molecular weight excluding hydrogens is 278 g/mol. The highest BCUT2D eigenvalue weighted by Crippen LogP contribution is 2.24. The first kappa shape index (κ1) is 16.8. The van der Waals surface area contributed by atoms with Crippen LogP contribution < -0.4 is 10.6 Å². The van der Waals surface area contributed by atoms with Crippen molar-refractivity contribution in [3.05, 3.63) is 29.8 Å². The molecule has 1 fully saturated rings. The summed E-state index contributed by atoms with van der Waals surface area (Å²) in [5, 5.41) is 5.77. The molecule has 2 N–H and O–H groups in total. The van der Waals surface area contributed by atoms with Crippen molar-refractivity contribution >= 4 is 11.7 Å². The van der Waals surface area contributed by atoms with Crippen LogP contribution in [0.5, 0.6) is 0 Å². The van der Waals surface area contributed by atoms with Crippen molar-refractivity contribution in [2.45, 2.75) is 26.9 Å². The molecule has 0 spiro atoms. The molecule has 0 aliphatic carbocycles. The molecule has 1 aromatic carbocycles. The molecule has 1 aliphatic rings. The van der Waals surface area contributed by atoms with E-state index in [1.807, 2.05) is 24.3 Å². The summed E-state index contributed by atoms with van der Waals surface area (Å²) in [6.07, 6.45) is 0.0677. The summed E-state index contributed by atoms with van der Waals surface area (Å²) in [4.78, 5) is 14.2. The van der Waals surface area contributed by atoms with Gasteiger partial charge in [0.05, 0.1) is 12.7 Å². The monoisotopic (exact) mass is 305 g/mol. The summed E-state index contributed by atoms with van der Waals surface area (Å²) < 4.78 is 5.82. The zero-order chi connectivity index (χ0) is 16.2. The number of urea groups is 1. The van der Waals surface area contributed by atoms with E-state index in [1.54, 1.807) is 0 Å². The van der Waals surface area contributed by atoms with Crippen LogP contribution in [0.4, 0.5) is 10.5 Å². The number of hydrogen-bond acceptors (Lipinski definition) is 3. The van der Waals surface area contributed by atoms with Gasteiger partial charge in [-0.05, 0) is 30.2 Å². The maximum Gasteiger partial charge on any atom is 0.319 e. The van der Waals surface area contributed by atoms with Gasteiger partial charge in [0.1, 0.15) is 0 Å². The molecule has 1 saturated heterocycles. The van der Waals surface area contributed by atoms with Crippen molar-refractivity contribution in [1.29, 1.82) is 0 Å². The number of amides is 2. The Morgan fingerprint density at radius 1 is 1.41 bits per heavy atom. The van der Waals surface area contributed by atoms with E-state index in [9.17, 15) is 4.79 Å². The number of ether oxygens (including phenoxy) is 1. The van der Waals surface area contributed by atoms with Gasteiger partial charge in [-0.3, -0.25) is 0 Å². The third kappa shape index (κ3) is 5.31. The number of hydrogen-bond donors (Lipinski definition) is 2. The molecule has 0 aromatic heterocycles. The van der Waals surface area contributed by atoms with E-state index in [0.29, 0.717) is 6.54 Å². The number of morpholine rings is 1. The standard InChI is InChI=1S/C17H27N3O2/c1-17(2,3)12-18-16(21)19-14-7-5-6-13(10-14)15-11-20(4)8-9-22-15/h5-7,10,15H,8-9,11-12H2,1-4H3,(H2,18,19,21). The summed E-state index contributed by atoms with van der Waals surface area (Å²) in [5.74, 6) is 0. The minimum absolute atomic E-state index is 0.0677. The molecule has 1 atom stereocenters. The van der Waals surface area contributed by atoms with Crippen LogP contribution in [-0.2, 0) is 4.74 Å². The average Bonchev–Trinajstić information content (AvgIpc) is 2.45. The molecule has 22 heavy (non-hydrogen) atoms. The molecule has 1 aliphatic heterocycles.